The summed E-state index contributed by atoms with van der Waals surface area (Å²) < 4.78 is 22.3. The summed E-state index contributed by atoms with van der Waals surface area (Å²) in [7, 11) is 3.06. The highest BCUT2D eigenvalue weighted by molar-refractivity contribution is 7.90. The lowest BCUT2D eigenvalue weighted by Gasteiger charge is -2.13. The first kappa shape index (κ1) is 16.1. The maximum atomic E-state index is 11.7. The molecular formula is C15H16N2O4S. The summed E-state index contributed by atoms with van der Waals surface area (Å²) >= 11 is -1.18. The van der Waals surface area contributed by atoms with Gasteiger partial charge >= 0.3 is 0 Å². The second-order valence-corrected chi connectivity index (χ2v) is 5.73. The van der Waals surface area contributed by atoms with Crippen LogP contribution in [-0.4, -0.2) is 35.2 Å². The SMILES string of the molecule is COc1cc([S+](C)[O-])c(OC)cc1C=Cc1ccc(=O)[nH]n1. The van der Waals surface area contributed by atoms with Crippen LogP contribution < -0.4 is 15.0 Å². The lowest BCUT2D eigenvalue weighted by Crippen LogP contribution is -2.05. The number of methoxy groups -OCH3 is 2. The van der Waals surface area contributed by atoms with E-state index in [0.29, 0.717) is 22.1 Å². The molecule has 0 amide bonds. The van der Waals surface area contributed by atoms with Crippen molar-refractivity contribution in [1.82, 2.24) is 10.2 Å². The molecule has 0 aliphatic heterocycles. The summed E-state index contributed by atoms with van der Waals surface area (Å²) in [6.07, 6.45) is 5.09. The van der Waals surface area contributed by atoms with Crippen molar-refractivity contribution in [2.45, 2.75) is 4.90 Å². The molecule has 2 rings (SSSR count). The molecule has 1 unspecified atom stereocenters. The van der Waals surface area contributed by atoms with E-state index in [1.54, 1.807) is 43.7 Å². The molecule has 0 aliphatic rings. The van der Waals surface area contributed by atoms with Gasteiger partial charge in [-0.2, -0.15) is 5.10 Å². The van der Waals surface area contributed by atoms with Crippen molar-refractivity contribution in [3.8, 4) is 11.5 Å². The molecule has 6 nitrogen and oxygen atoms in total. The minimum atomic E-state index is -1.18. The summed E-state index contributed by atoms with van der Waals surface area (Å²) in [5, 5.41) is 6.25. The Morgan fingerprint density at radius 3 is 2.45 bits per heavy atom. The Balaban J connectivity index is 2.41. The Labute approximate surface area is 131 Å². The Hall–Kier alpha value is -2.25. The molecule has 0 aliphatic carbocycles. The average molecular weight is 320 g/mol. The zero-order valence-electron chi connectivity index (χ0n) is 12.5. The molecule has 0 radical (unpaired) electrons. The van der Waals surface area contributed by atoms with Gasteiger partial charge in [0.1, 0.15) is 12.0 Å². The molecule has 0 spiro atoms. The van der Waals surface area contributed by atoms with Crippen molar-refractivity contribution >= 4 is 23.3 Å². The third kappa shape index (κ3) is 3.69. The van der Waals surface area contributed by atoms with Crippen LogP contribution in [0.4, 0.5) is 0 Å². The van der Waals surface area contributed by atoms with Gasteiger partial charge in [0.15, 0.2) is 10.6 Å². The zero-order chi connectivity index (χ0) is 16.1. The third-order valence-corrected chi connectivity index (χ3v) is 3.90. The van der Waals surface area contributed by atoms with Crippen LogP contribution in [0, 0.1) is 0 Å². The van der Waals surface area contributed by atoms with Crippen molar-refractivity contribution in [3.05, 3.63) is 45.9 Å². The minimum absolute atomic E-state index is 0.258. The second-order valence-electron chi connectivity index (χ2n) is 4.38. The molecule has 1 N–H and O–H groups in total. The number of hydrogen-bond donors (Lipinski definition) is 1. The summed E-state index contributed by atoms with van der Waals surface area (Å²) in [4.78, 5) is 11.5. The van der Waals surface area contributed by atoms with Crippen LogP contribution in [0.5, 0.6) is 11.5 Å². The lowest BCUT2D eigenvalue weighted by molar-refractivity contribution is 0.392. The van der Waals surface area contributed by atoms with E-state index in [-0.39, 0.29) is 5.56 Å². The Morgan fingerprint density at radius 1 is 1.18 bits per heavy atom. The molecule has 0 bridgehead atoms. The van der Waals surface area contributed by atoms with Crippen LogP contribution in [0.15, 0.2) is 34.0 Å². The van der Waals surface area contributed by atoms with Gasteiger partial charge in [0.25, 0.3) is 5.56 Å². The Morgan fingerprint density at radius 2 is 1.91 bits per heavy atom. The zero-order valence-corrected chi connectivity index (χ0v) is 13.3. The van der Waals surface area contributed by atoms with Gasteiger partial charge in [-0.25, -0.2) is 5.10 Å². The normalized spacial score (nSPS) is 12.4. The molecule has 1 aromatic carbocycles. The smallest absolute Gasteiger partial charge is 0.264 e. The summed E-state index contributed by atoms with van der Waals surface area (Å²) in [6.45, 7) is 0. The highest BCUT2D eigenvalue weighted by Crippen LogP contribution is 2.33. The maximum absolute atomic E-state index is 11.7. The van der Waals surface area contributed by atoms with Crippen molar-refractivity contribution in [2.24, 2.45) is 0 Å². The van der Waals surface area contributed by atoms with Gasteiger partial charge in [0.2, 0.25) is 0 Å². The van der Waals surface area contributed by atoms with Gasteiger partial charge in [-0.1, -0.05) is 0 Å². The molecule has 0 fully saturated rings. The number of aromatic amines is 1. The van der Waals surface area contributed by atoms with E-state index in [9.17, 15) is 9.35 Å². The van der Waals surface area contributed by atoms with Gasteiger partial charge in [-0.05, 0) is 35.5 Å². The Kier molecular flexibility index (Phi) is 5.24. The van der Waals surface area contributed by atoms with Crippen LogP contribution in [0.3, 0.4) is 0 Å². The quantitative estimate of drug-likeness (QED) is 0.847. The fraction of sp³-hybridized carbons (Fsp3) is 0.200. The van der Waals surface area contributed by atoms with E-state index in [4.69, 9.17) is 9.47 Å². The van der Waals surface area contributed by atoms with E-state index in [1.165, 1.54) is 13.2 Å². The maximum Gasteiger partial charge on any atom is 0.264 e. The van der Waals surface area contributed by atoms with Crippen LogP contribution in [0.25, 0.3) is 12.2 Å². The predicted molar refractivity (Wildman–Crippen MR) is 85.7 cm³/mol. The largest absolute Gasteiger partial charge is 0.612 e. The first-order chi connectivity index (χ1) is 10.5. The number of rotatable bonds is 5. The third-order valence-electron chi connectivity index (χ3n) is 2.96. The predicted octanol–water partition coefficient (Wildman–Crippen LogP) is 1.69. The molecule has 1 heterocycles. The monoisotopic (exact) mass is 320 g/mol. The van der Waals surface area contributed by atoms with Crippen molar-refractivity contribution in [1.29, 1.82) is 0 Å². The van der Waals surface area contributed by atoms with Crippen molar-refractivity contribution < 1.29 is 14.0 Å². The van der Waals surface area contributed by atoms with Crippen LogP contribution in [0.1, 0.15) is 11.3 Å². The number of nitrogens with one attached hydrogen (secondary N) is 1. The molecule has 1 aromatic heterocycles. The lowest BCUT2D eigenvalue weighted by atomic mass is 10.1. The summed E-state index contributed by atoms with van der Waals surface area (Å²) in [5.41, 5.74) is 1.09. The average Bonchev–Trinajstić information content (AvgIpc) is 2.53. The van der Waals surface area contributed by atoms with E-state index < -0.39 is 11.2 Å². The molecule has 116 valence electrons. The number of nitrogens with zero attached hydrogens (tertiary/aromatic N) is 1. The molecule has 1 atom stereocenters. The standard InChI is InChI=1S/C15H16N2O4S/c1-20-12-9-14(22(3)19)13(21-2)8-10(12)4-5-11-6-7-15(18)17-16-11/h4-9H,1-3H3,(H,17,18). The second kappa shape index (κ2) is 7.15. The van der Waals surface area contributed by atoms with Crippen LogP contribution >= 0.6 is 0 Å². The van der Waals surface area contributed by atoms with Crippen LogP contribution in [0.2, 0.25) is 0 Å². The number of H-pyrrole nitrogens is 1. The fourth-order valence-electron chi connectivity index (χ4n) is 1.87. The minimum Gasteiger partial charge on any atom is -0.612 e. The van der Waals surface area contributed by atoms with Crippen molar-refractivity contribution in [2.75, 3.05) is 20.5 Å². The van der Waals surface area contributed by atoms with E-state index in [1.807, 2.05) is 0 Å². The van der Waals surface area contributed by atoms with Gasteiger partial charge in [-0.3, -0.25) is 4.79 Å². The van der Waals surface area contributed by atoms with E-state index in [0.717, 1.165) is 5.56 Å². The van der Waals surface area contributed by atoms with E-state index in [2.05, 4.69) is 10.2 Å². The molecule has 2 aromatic rings. The molecule has 0 saturated heterocycles. The number of ether oxygens (including phenoxy) is 2. The van der Waals surface area contributed by atoms with Gasteiger partial charge in [0.05, 0.1) is 19.9 Å². The number of hydrogen-bond acceptors (Lipinski definition) is 5. The highest BCUT2D eigenvalue weighted by Gasteiger charge is 2.16. The molecule has 7 heteroatoms. The molecular weight excluding hydrogens is 304 g/mol. The summed E-state index contributed by atoms with van der Waals surface area (Å²) in [5.74, 6) is 1.10. The highest BCUT2D eigenvalue weighted by atomic mass is 32.2. The first-order valence-corrected chi connectivity index (χ1v) is 7.94. The van der Waals surface area contributed by atoms with Gasteiger partial charge in [-0.15, -0.1) is 0 Å². The van der Waals surface area contributed by atoms with Gasteiger partial charge in [0, 0.05) is 17.7 Å². The Bertz CT molecular complexity index is 720. The number of benzene rings is 1. The van der Waals surface area contributed by atoms with Crippen LogP contribution in [-0.2, 0) is 11.2 Å². The van der Waals surface area contributed by atoms with Crippen molar-refractivity contribution in [3.63, 3.8) is 0 Å². The molecule has 22 heavy (non-hydrogen) atoms. The number of aromatic nitrogens is 2. The molecule has 0 saturated carbocycles. The topological polar surface area (TPSA) is 87.3 Å². The van der Waals surface area contributed by atoms with E-state index >= 15 is 0 Å². The first-order valence-electron chi connectivity index (χ1n) is 6.38. The summed E-state index contributed by atoms with van der Waals surface area (Å²) in [6, 6.07) is 6.44. The fourth-order valence-corrected chi connectivity index (χ4v) is 2.57. The van der Waals surface area contributed by atoms with Gasteiger partial charge < -0.3 is 14.0 Å².